The van der Waals surface area contributed by atoms with Gasteiger partial charge in [-0.3, -0.25) is 0 Å². The van der Waals surface area contributed by atoms with Gasteiger partial charge >= 0.3 is 6.09 Å². The second-order valence-corrected chi connectivity index (χ2v) is 15.3. The molecular weight excluding hydrogens is 719 g/mol. The van der Waals surface area contributed by atoms with Crippen molar-refractivity contribution in [2.45, 2.75) is 45.7 Å². The number of benzene rings is 4. The minimum absolute atomic E-state index is 0.0717. The molecule has 2 atom stereocenters. The van der Waals surface area contributed by atoms with Gasteiger partial charge in [-0.2, -0.15) is 0 Å². The Morgan fingerprint density at radius 3 is 1.75 bits per heavy atom. The van der Waals surface area contributed by atoms with Crippen molar-refractivity contribution in [3.63, 3.8) is 0 Å². The van der Waals surface area contributed by atoms with Crippen LogP contribution in [-0.4, -0.2) is 81.1 Å². The van der Waals surface area contributed by atoms with Crippen LogP contribution in [0.1, 0.15) is 33.6 Å². The molecule has 0 unspecified atom stereocenters. The van der Waals surface area contributed by atoms with Gasteiger partial charge in [-0.25, -0.2) is 33.5 Å². The van der Waals surface area contributed by atoms with E-state index >= 15 is 0 Å². The largest absolute Gasteiger partial charge is 0.507 e. The van der Waals surface area contributed by atoms with Crippen molar-refractivity contribution in [3.8, 4) is 34.3 Å². The molecule has 0 saturated carbocycles. The van der Waals surface area contributed by atoms with Gasteiger partial charge in [-0.05, 0) is 78.9 Å². The standard InChI is InChI=1S/C24H27FN4O3.C18H17FN4O/c1-24(2,3)14-32-23(31)26-16-10-11-29(13-16)22-18-12-15(25)8-9-19(18)27-21(28-22)17-6-4-5-7-20(17)30;19-11-5-6-15-14(9-11)18(23-8-7-12(20)10-23)22-17(21-15)13-3-1-2-4-16(13)24/h4-9,12,16,30H,10-11,13-14H2,1-3H3,(H,26,31);1-6,9,12,24H,7-8,10,20H2/t16-;12-/m11/s1. The highest BCUT2D eigenvalue weighted by molar-refractivity contribution is 5.92. The monoisotopic (exact) mass is 762 g/mol. The number of nitrogens with zero attached hydrogens (tertiary/aromatic N) is 6. The number of carbonyl (C=O) groups excluding carboxylic acids is 1. The van der Waals surface area contributed by atoms with E-state index < -0.39 is 6.09 Å². The average Bonchev–Trinajstić information content (AvgIpc) is 3.82. The summed E-state index contributed by atoms with van der Waals surface area (Å²) in [6.07, 6.45) is 1.13. The number of carbonyl (C=O) groups is 1. The van der Waals surface area contributed by atoms with Crippen LogP contribution in [0.4, 0.5) is 25.2 Å². The Hall–Kier alpha value is -6.15. The van der Waals surface area contributed by atoms with Gasteiger partial charge in [0.25, 0.3) is 0 Å². The van der Waals surface area contributed by atoms with Gasteiger partial charge in [-0.1, -0.05) is 45.0 Å². The van der Waals surface area contributed by atoms with E-state index in [-0.39, 0.29) is 40.6 Å². The molecule has 0 bridgehead atoms. The van der Waals surface area contributed by atoms with Crippen LogP contribution in [0.5, 0.6) is 11.5 Å². The Morgan fingerprint density at radius 1 is 0.768 bits per heavy atom. The second kappa shape index (κ2) is 15.9. The van der Waals surface area contributed by atoms with Crippen LogP contribution in [0.15, 0.2) is 84.9 Å². The van der Waals surface area contributed by atoms with Gasteiger partial charge in [0, 0.05) is 43.0 Å². The molecule has 12 nitrogen and oxygen atoms in total. The minimum Gasteiger partial charge on any atom is -0.507 e. The van der Waals surface area contributed by atoms with Crippen LogP contribution in [0, 0.1) is 17.0 Å². The van der Waals surface area contributed by atoms with E-state index in [9.17, 15) is 23.8 Å². The lowest BCUT2D eigenvalue weighted by molar-refractivity contribution is 0.104. The number of hydrogen-bond acceptors (Lipinski definition) is 11. The van der Waals surface area contributed by atoms with Gasteiger partial charge in [-0.15, -0.1) is 0 Å². The van der Waals surface area contributed by atoms with Crippen LogP contribution in [0.2, 0.25) is 0 Å². The highest BCUT2D eigenvalue weighted by atomic mass is 19.1. The number of halogens is 2. The maximum atomic E-state index is 14.0. The van der Waals surface area contributed by atoms with E-state index in [0.29, 0.717) is 88.9 Å². The normalized spacial score (nSPS) is 16.9. The van der Waals surface area contributed by atoms with Crippen molar-refractivity contribution in [2.24, 2.45) is 11.1 Å². The molecule has 0 radical (unpaired) electrons. The smallest absolute Gasteiger partial charge is 0.407 e. The number of hydrogen-bond donors (Lipinski definition) is 4. The predicted octanol–water partition coefficient (Wildman–Crippen LogP) is 7.17. The summed E-state index contributed by atoms with van der Waals surface area (Å²) in [5.41, 5.74) is 8.17. The summed E-state index contributed by atoms with van der Waals surface area (Å²) >= 11 is 0. The molecule has 14 heteroatoms. The Bertz CT molecular complexity index is 2390. The summed E-state index contributed by atoms with van der Waals surface area (Å²) in [5.74, 6) is 1.49. The Balaban J connectivity index is 0.000000178. The van der Waals surface area contributed by atoms with Crippen molar-refractivity contribution >= 4 is 39.5 Å². The Morgan fingerprint density at radius 2 is 1.27 bits per heavy atom. The molecule has 8 rings (SSSR count). The van der Waals surface area contributed by atoms with Gasteiger partial charge < -0.3 is 35.8 Å². The molecule has 5 N–H and O–H groups in total. The summed E-state index contributed by atoms with van der Waals surface area (Å²) in [6.45, 7) is 8.90. The Labute approximate surface area is 323 Å². The first kappa shape index (κ1) is 38.1. The molecule has 2 aliphatic heterocycles. The number of aromatic nitrogens is 4. The first-order valence-electron chi connectivity index (χ1n) is 18.5. The maximum absolute atomic E-state index is 14.0. The molecular formula is C42H44F2N8O4. The minimum atomic E-state index is -0.444. The number of rotatable bonds is 6. The molecule has 2 aliphatic rings. The number of para-hydroxylation sites is 2. The lowest BCUT2D eigenvalue weighted by Crippen LogP contribution is -2.38. The second-order valence-electron chi connectivity index (χ2n) is 15.3. The van der Waals surface area contributed by atoms with Crippen LogP contribution >= 0.6 is 0 Å². The van der Waals surface area contributed by atoms with Crippen molar-refractivity contribution < 1.29 is 28.5 Å². The number of phenols is 2. The summed E-state index contributed by atoms with van der Waals surface area (Å²) in [4.78, 5) is 34.6. The molecule has 0 aliphatic carbocycles. The molecule has 2 saturated heterocycles. The third kappa shape index (κ3) is 8.70. The number of ether oxygens (including phenoxy) is 1. The molecule has 56 heavy (non-hydrogen) atoms. The number of phenolic OH excluding ortho intramolecular Hbond substituents is 2. The van der Waals surface area contributed by atoms with Crippen molar-refractivity contribution in [2.75, 3.05) is 42.6 Å². The highest BCUT2D eigenvalue weighted by Crippen LogP contribution is 2.35. The van der Waals surface area contributed by atoms with Gasteiger partial charge in [0.05, 0.1) is 34.8 Å². The summed E-state index contributed by atoms with van der Waals surface area (Å²) in [5, 5.41) is 24.5. The summed E-state index contributed by atoms with van der Waals surface area (Å²) in [7, 11) is 0. The first-order chi connectivity index (χ1) is 26.8. The lowest BCUT2D eigenvalue weighted by atomic mass is 9.99. The molecule has 290 valence electrons. The fraction of sp³-hybridized carbons (Fsp3) is 0.310. The van der Waals surface area contributed by atoms with E-state index in [1.54, 1.807) is 54.6 Å². The van der Waals surface area contributed by atoms with E-state index in [2.05, 4.69) is 30.2 Å². The van der Waals surface area contributed by atoms with E-state index in [1.165, 1.54) is 24.3 Å². The number of anilines is 2. The molecule has 6 aromatic rings. The number of fused-ring (bicyclic) bond motifs is 2. The zero-order valence-electron chi connectivity index (χ0n) is 31.4. The summed E-state index contributed by atoms with van der Waals surface area (Å²) < 4.78 is 33.1. The predicted molar refractivity (Wildman–Crippen MR) is 213 cm³/mol. The van der Waals surface area contributed by atoms with Gasteiger partial charge in [0.1, 0.15) is 34.8 Å². The fourth-order valence-corrected chi connectivity index (χ4v) is 6.76. The Kier molecular flexibility index (Phi) is 10.8. The highest BCUT2D eigenvalue weighted by Gasteiger charge is 2.28. The van der Waals surface area contributed by atoms with Crippen LogP contribution in [0.3, 0.4) is 0 Å². The number of alkyl carbamates (subject to hydrolysis) is 1. The average molecular weight is 763 g/mol. The maximum Gasteiger partial charge on any atom is 0.407 e. The lowest BCUT2D eigenvalue weighted by Gasteiger charge is -2.21. The zero-order valence-corrected chi connectivity index (χ0v) is 31.4. The zero-order chi connectivity index (χ0) is 39.6. The molecule has 2 aromatic heterocycles. The molecule has 0 spiro atoms. The number of aromatic hydroxyl groups is 2. The van der Waals surface area contributed by atoms with Gasteiger partial charge in [0.2, 0.25) is 0 Å². The van der Waals surface area contributed by atoms with Crippen LogP contribution in [-0.2, 0) is 4.74 Å². The van der Waals surface area contributed by atoms with Gasteiger partial charge in [0.15, 0.2) is 11.6 Å². The number of nitrogens with two attached hydrogens (primary N) is 1. The molecule has 4 heterocycles. The van der Waals surface area contributed by atoms with Crippen molar-refractivity contribution in [1.29, 1.82) is 0 Å². The quantitative estimate of drug-likeness (QED) is 0.136. The van der Waals surface area contributed by atoms with Crippen molar-refractivity contribution in [3.05, 3.63) is 96.6 Å². The SMILES string of the molecule is CC(C)(C)COC(=O)N[C@@H]1CCN(c2nc(-c3ccccc3O)nc3ccc(F)cc23)C1.N[C@@H]1CCN(c2nc(-c3ccccc3O)nc3ccc(F)cc23)C1. The first-order valence-corrected chi connectivity index (χ1v) is 18.5. The van der Waals surface area contributed by atoms with Crippen LogP contribution in [0.25, 0.3) is 44.6 Å². The molecule has 2 fully saturated rings. The fourth-order valence-electron chi connectivity index (χ4n) is 6.76. The van der Waals surface area contributed by atoms with E-state index in [4.69, 9.17) is 10.5 Å². The number of nitrogens with one attached hydrogen (secondary N) is 1. The number of amides is 1. The third-order valence-corrected chi connectivity index (χ3v) is 9.54. The van der Waals surface area contributed by atoms with E-state index in [0.717, 1.165) is 13.0 Å². The van der Waals surface area contributed by atoms with E-state index in [1.807, 2.05) is 31.7 Å². The van der Waals surface area contributed by atoms with Crippen molar-refractivity contribution in [1.82, 2.24) is 25.3 Å². The topological polar surface area (TPSA) is 163 Å². The molecule has 1 amide bonds. The molecule has 4 aromatic carbocycles. The summed E-state index contributed by atoms with van der Waals surface area (Å²) in [6, 6.07) is 22.6. The third-order valence-electron chi connectivity index (χ3n) is 9.54. The van der Waals surface area contributed by atoms with Crippen LogP contribution < -0.4 is 20.9 Å².